The van der Waals surface area contributed by atoms with E-state index >= 15 is 0 Å². The average Bonchev–Trinajstić information content (AvgIpc) is 3.38. The number of pyridine rings is 1. The van der Waals surface area contributed by atoms with Gasteiger partial charge in [0, 0.05) is 37.6 Å². The van der Waals surface area contributed by atoms with E-state index in [0.29, 0.717) is 0 Å². The molecule has 134 valence electrons. The summed E-state index contributed by atoms with van der Waals surface area (Å²) in [5.41, 5.74) is 5.53. The van der Waals surface area contributed by atoms with Crippen molar-refractivity contribution >= 4 is 0 Å². The third-order valence-electron chi connectivity index (χ3n) is 5.08. The van der Waals surface area contributed by atoms with Gasteiger partial charge in [0.1, 0.15) is 0 Å². The Hall–Kier alpha value is -3.25. The lowest BCUT2D eigenvalue weighted by Gasteiger charge is -2.34. The van der Waals surface area contributed by atoms with Crippen molar-refractivity contribution in [2.75, 3.05) is 6.54 Å². The van der Waals surface area contributed by atoms with Crippen LogP contribution < -0.4 is 0 Å². The highest BCUT2D eigenvalue weighted by atomic mass is 15.3. The molecule has 3 aromatic heterocycles. The topological polar surface area (TPSA) is 62.6 Å². The highest BCUT2D eigenvalue weighted by Crippen LogP contribution is 2.33. The normalized spacial score (nSPS) is 17.0. The molecular formula is C21H20N6. The van der Waals surface area contributed by atoms with Gasteiger partial charge in [0.15, 0.2) is 0 Å². The molecule has 1 N–H and O–H groups in total. The fourth-order valence-electron chi connectivity index (χ4n) is 3.82. The van der Waals surface area contributed by atoms with Crippen molar-refractivity contribution in [3.8, 4) is 5.69 Å². The largest absolute Gasteiger partial charge is 0.348 e. The fraction of sp³-hybridized carbons (Fsp3) is 0.190. The first-order valence-corrected chi connectivity index (χ1v) is 9.15. The molecule has 1 aliphatic rings. The molecule has 0 spiro atoms. The van der Waals surface area contributed by atoms with Crippen molar-refractivity contribution in [2.45, 2.75) is 19.0 Å². The Morgan fingerprint density at radius 3 is 2.70 bits per heavy atom. The van der Waals surface area contributed by atoms with Crippen LogP contribution in [0, 0.1) is 0 Å². The van der Waals surface area contributed by atoms with Crippen molar-refractivity contribution in [1.82, 2.24) is 29.6 Å². The van der Waals surface area contributed by atoms with Crippen LogP contribution in [-0.2, 0) is 13.0 Å². The minimum atomic E-state index is 0.0420. The number of fused-ring (bicyclic) bond motifs is 1. The second-order valence-corrected chi connectivity index (χ2v) is 6.71. The smallest absolute Gasteiger partial charge is 0.0971 e. The van der Waals surface area contributed by atoms with Gasteiger partial charge in [-0.3, -0.25) is 9.88 Å². The summed E-state index contributed by atoms with van der Waals surface area (Å²) in [4.78, 5) is 15.0. The van der Waals surface area contributed by atoms with Gasteiger partial charge in [-0.15, -0.1) is 0 Å². The van der Waals surface area contributed by atoms with Crippen molar-refractivity contribution in [2.24, 2.45) is 0 Å². The minimum absolute atomic E-state index is 0.0420. The zero-order valence-electron chi connectivity index (χ0n) is 14.9. The molecule has 27 heavy (non-hydrogen) atoms. The number of nitrogens with zero attached hydrogens (tertiary/aromatic N) is 5. The highest BCUT2D eigenvalue weighted by molar-refractivity contribution is 5.33. The summed E-state index contributed by atoms with van der Waals surface area (Å²) in [6, 6.07) is 18.4. The van der Waals surface area contributed by atoms with E-state index < -0.39 is 0 Å². The van der Waals surface area contributed by atoms with Crippen molar-refractivity contribution in [3.63, 3.8) is 0 Å². The van der Waals surface area contributed by atoms with Crippen molar-refractivity contribution in [3.05, 3.63) is 96.1 Å². The first-order valence-electron chi connectivity index (χ1n) is 9.15. The van der Waals surface area contributed by atoms with Crippen LogP contribution in [0.4, 0.5) is 0 Å². The summed E-state index contributed by atoms with van der Waals surface area (Å²) in [6.45, 7) is 1.72. The van der Waals surface area contributed by atoms with E-state index in [9.17, 15) is 0 Å². The molecule has 0 aliphatic carbocycles. The molecular weight excluding hydrogens is 336 g/mol. The van der Waals surface area contributed by atoms with Gasteiger partial charge >= 0.3 is 0 Å². The molecule has 0 unspecified atom stereocenters. The SMILES string of the molecule is c1ccc(-n2nccc2CN2CCc3[nH]cnc3[C@H]2c2ccccn2)cc1. The number of H-pyrrole nitrogens is 1. The van der Waals surface area contributed by atoms with Gasteiger partial charge < -0.3 is 4.98 Å². The summed E-state index contributed by atoms with van der Waals surface area (Å²) in [7, 11) is 0. The Morgan fingerprint density at radius 1 is 0.963 bits per heavy atom. The number of nitrogens with one attached hydrogen (secondary N) is 1. The molecule has 5 rings (SSSR count). The summed E-state index contributed by atoms with van der Waals surface area (Å²) in [5, 5.41) is 4.54. The van der Waals surface area contributed by atoms with Crippen molar-refractivity contribution in [1.29, 1.82) is 0 Å². The van der Waals surface area contributed by atoms with Crippen LogP contribution in [0.1, 0.15) is 28.8 Å². The Bertz CT molecular complexity index is 1020. The van der Waals surface area contributed by atoms with Gasteiger partial charge in [-0.1, -0.05) is 24.3 Å². The van der Waals surface area contributed by atoms with Gasteiger partial charge in [0.2, 0.25) is 0 Å². The van der Waals surface area contributed by atoms with E-state index in [1.807, 2.05) is 47.4 Å². The monoisotopic (exact) mass is 356 g/mol. The fourth-order valence-corrected chi connectivity index (χ4v) is 3.82. The van der Waals surface area contributed by atoms with E-state index in [4.69, 9.17) is 0 Å². The summed E-state index contributed by atoms with van der Waals surface area (Å²) < 4.78 is 2.01. The molecule has 1 atom stereocenters. The van der Waals surface area contributed by atoms with Gasteiger partial charge in [-0.2, -0.15) is 5.10 Å². The van der Waals surface area contributed by atoms with Crippen LogP contribution in [0.3, 0.4) is 0 Å². The second-order valence-electron chi connectivity index (χ2n) is 6.71. The summed E-state index contributed by atoms with van der Waals surface area (Å²) in [5.74, 6) is 0. The van der Waals surface area contributed by atoms with E-state index in [2.05, 4.69) is 49.2 Å². The number of benzene rings is 1. The van der Waals surface area contributed by atoms with Crippen LogP contribution in [0.5, 0.6) is 0 Å². The van der Waals surface area contributed by atoms with Crippen LogP contribution in [0.15, 0.2) is 73.3 Å². The third kappa shape index (κ3) is 2.94. The minimum Gasteiger partial charge on any atom is -0.348 e. The first kappa shape index (κ1) is 16.0. The lowest BCUT2D eigenvalue weighted by Crippen LogP contribution is -2.36. The van der Waals surface area contributed by atoms with Crippen LogP contribution in [0.25, 0.3) is 5.69 Å². The number of hydrogen-bond acceptors (Lipinski definition) is 4. The Kier molecular flexibility index (Phi) is 4.03. The van der Waals surface area contributed by atoms with Gasteiger partial charge in [0.25, 0.3) is 0 Å². The average molecular weight is 356 g/mol. The number of aromatic amines is 1. The molecule has 0 radical (unpaired) electrons. The van der Waals surface area contributed by atoms with Gasteiger partial charge in [0.05, 0.1) is 35.1 Å². The summed E-state index contributed by atoms with van der Waals surface area (Å²) >= 11 is 0. The van der Waals surface area contributed by atoms with E-state index in [1.54, 1.807) is 6.33 Å². The van der Waals surface area contributed by atoms with E-state index in [-0.39, 0.29) is 6.04 Å². The zero-order chi connectivity index (χ0) is 18.1. The summed E-state index contributed by atoms with van der Waals surface area (Å²) in [6.07, 6.45) is 6.46. The highest BCUT2D eigenvalue weighted by Gasteiger charge is 2.32. The molecule has 0 saturated carbocycles. The molecule has 1 aliphatic heterocycles. The maximum atomic E-state index is 4.62. The second kappa shape index (κ2) is 6.81. The molecule has 1 aromatic carbocycles. The van der Waals surface area contributed by atoms with Crippen molar-refractivity contribution < 1.29 is 0 Å². The van der Waals surface area contributed by atoms with Crippen LogP contribution in [0.2, 0.25) is 0 Å². The third-order valence-corrected chi connectivity index (χ3v) is 5.08. The predicted molar refractivity (Wildman–Crippen MR) is 102 cm³/mol. The lowest BCUT2D eigenvalue weighted by atomic mass is 9.99. The molecule has 6 heteroatoms. The Morgan fingerprint density at radius 2 is 1.85 bits per heavy atom. The molecule has 0 fully saturated rings. The quantitative estimate of drug-likeness (QED) is 0.610. The molecule has 0 amide bonds. The molecule has 0 saturated heterocycles. The van der Waals surface area contributed by atoms with E-state index in [1.165, 1.54) is 5.69 Å². The molecule has 6 nitrogen and oxygen atoms in total. The number of imidazole rings is 1. The first-order chi connectivity index (χ1) is 13.4. The van der Waals surface area contributed by atoms with E-state index in [0.717, 1.165) is 42.3 Å². The van der Waals surface area contributed by atoms with Gasteiger partial charge in [-0.05, 0) is 30.3 Å². The maximum Gasteiger partial charge on any atom is 0.0971 e. The van der Waals surface area contributed by atoms with Crippen LogP contribution >= 0.6 is 0 Å². The lowest BCUT2D eigenvalue weighted by molar-refractivity contribution is 0.193. The van der Waals surface area contributed by atoms with Gasteiger partial charge in [-0.25, -0.2) is 9.67 Å². The molecule has 0 bridgehead atoms. The standard InChI is InChI=1S/C21H20N6/c1-2-6-16(7-3-1)27-17(9-12-25-27)14-26-13-10-18-20(24-15-23-18)21(26)19-8-4-5-11-22-19/h1-9,11-12,15,21H,10,13-14H2,(H,23,24)/t21-/m1/s1. The predicted octanol–water partition coefficient (Wildman–Crippen LogP) is 3.14. The number of aromatic nitrogens is 5. The number of rotatable bonds is 4. The van der Waals surface area contributed by atoms with Crippen LogP contribution in [-0.4, -0.2) is 36.2 Å². The molecule has 4 aromatic rings. The zero-order valence-corrected chi connectivity index (χ0v) is 14.9. The number of para-hydroxylation sites is 1. The number of hydrogen-bond donors (Lipinski definition) is 1. The molecule has 4 heterocycles. The maximum absolute atomic E-state index is 4.62. The Labute approximate surface area is 157 Å². The Balaban J connectivity index is 1.51.